The third-order valence-corrected chi connectivity index (χ3v) is 3.77. The average molecular weight is 318 g/mol. The molecule has 0 aromatic heterocycles. The highest BCUT2D eigenvalue weighted by molar-refractivity contribution is 9.10. The molecule has 0 amide bonds. The van der Waals surface area contributed by atoms with Crippen LogP contribution >= 0.6 is 15.9 Å². The van der Waals surface area contributed by atoms with E-state index in [1.807, 2.05) is 13.0 Å². The minimum absolute atomic E-state index is 0.000671. The zero-order valence-electron chi connectivity index (χ0n) is 11.2. The number of ether oxygens (including phenoxy) is 1. The molecule has 102 valence electrons. The molecular formula is C14H21BrFNO. The molecule has 0 fully saturated rings. The fourth-order valence-corrected chi connectivity index (χ4v) is 2.67. The van der Waals surface area contributed by atoms with Crippen molar-refractivity contribution in [1.82, 2.24) is 5.32 Å². The molecule has 0 saturated carbocycles. The highest BCUT2D eigenvalue weighted by Gasteiger charge is 2.23. The van der Waals surface area contributed by atoms with Gasteiger partial charge in [-0.05, 0) is 31.0 Å². The third kappa shape index (κ3) is 4.04. The molecular weight excluding hydrogens is 297 g/mol. The van der Waals surface area contributed by atoms with E-state index < -0.39 is 0 Å². The fourth-order valence-electron chi connectivity index (χ4n) is 2.09. The minimum Gasteiger partial charge on any atom is -0.385 e. The summed E-state index contributed by atoms with van der Waals surface area (Å²) in [5.41, 5.74) is 0.711. The molecule has 1 N–H and O–H groups in total. The van der Waals surface area contributed by atoms with Gasteiger partial charge in [-0.2, -0.15) is 0 Å². The summed E-state index contributed by atoms with van der Waals surface area (Å²) in [5.74, 6) is 0.137. The molecule has 2 atom stereocenters. The second-order valence-corrected chi connectivity index (χ2v) is 5.28. The Kier molecular flexibility index (Phi) is 6.82. The maximum atomic E-state index is 14.0. The van der Waals surface area contributed by atoms with Crippen LogP contribution in [0.15, 0.2) is 22.7 Å². The SMILES string of the molecule is CCNC(c1c(F)cccc1Br)C(C)CCOC. The predicted molar refractivity (Wildman–Crippen MR) is 76.2 cm³/mol. The van der Waals surface area contributed by atoms with Gasteiger partial charge in [-0.15, -0.1) is 0 Å². The van der Waals surface area contributed by atoms with Crippen LogP contribution in [0.2, 0.25) is 0 Å². The van der Waals surface area contributed by atoms with E-state index in [4.69, 9.17) is 4.74 Å². The molecule has 1 aromatic rings. The largest absolute Gasteiger partial charge is 0.385 e. The van der Waals surface area contributed by atoms with Gasteiger partial charge >= 0.3 is 0 Å². The lowest BCUT2D eigenvalue weighted by Crippen LogP contribution is -2.28. The summed E-state index contributed by atoms with van der Waals surface area (Å²) in [6.07, 6.45) is 0.898. The van der Waals surface area contributed by atoms with Crippen LogP contribution in [0.25, 0.3) is 0 Å². The quantitative estimate of drug-likeness (QED) is 0.823. The number of nitrogens with one attached hydrogen (secondary N) is 1. The summed E-state index contributed by atoms with van der Waals surface area (Å²) in [5, 5.41) is 3.36. The summed E-state index contributed by atoms with van der Waals surface area (Å²) in [6.45, 7) is 5.65. The number of halogens is 2. The molecule has 1 aromatic carbocycles. The highest BCUT2D eigenvalue weighted by Crippen LogP contribution is 2.32. The topological polar surface area (TPSA) is 21.3 Å². The van der Waals surface area contributed by atoms with E-state index in [-0.39, 0.29) is 11.9 Å². The van der Waals surface area contributed by atoms with Crippen LogP contribution in [-0.2, 0) is 4.74 Å². The monoisotopic (exact) mass is 317 g/mol. The molecule has 0 spiro atoms. The van der Waals surface area contributed by atoms with Gasteiger partial charge in [0.25, 0.3) is 0 Å². The minimum atomic E-state index is -0.167. The summed E-state index contributed by atoms with van der Waals surface area (Å²) in [6, 6.07) is 5.10. The predicted octanol–water partition coefficient (Wildman–Crippen LogP) is 3.91. The van der Waals surface area contributed by atoms with Crippen LogP contribution in [0, 0.1) is 11.7 Å². The Hall–Kier alpha value is -0.450. The van der Waals surface area contributed by atoms with Gasteiger partial charge in [0.1, 0.15) is 5.82 Å². The molecule has 0 bridgehead atoms. The lowest BCUT2D eigenvalue weighted by Gasteiger charge is -2.26. The van der Waals surface area contributed by atoms with Gasteiger partial charge in [-0.3, -0.25) is 0 Å². The molecule has 2 unspecified atom stereocenters. The molecule has 0 heterocycles. The van der Waals surface area contributed by atoms with Gasteiger partial charge in [0.05, 0.1) is 0 Å². The Morgan fingerprint density at radius 3 is 2.72 bits per heavy atom. The molecule has 18 heavy (non-hydrogen) atoms. The van der Waals surface area contributed by atoms with Crippen molar-refractivity contribution < 1.29 is 9.13 Å². The molecule has 0 aliphatic heterocycles. The van der Waals surface area contributed by atoms with E-state index in [0.29, 0.717) is 18.1 Å². The van der Waals surface area contributed by atoms with Crippen LogP contribution in [0.1, 0.15) is 31.9 Å². The van der Waals surface area contributed by atoms with E-state index in [9.17, 15) is 4.39 Å². The lowest BCUT2D eigenvalue weighted by molar-refractivity contribution is 0.170. The Morgan fingerprint density at radius 1 is 1.44 bits per heavy atom. The standard InChI is InChI=1S/C14H21BrFNO/c1-4-17-14(10(2)8-9-18-3)13-11(15)6-5-7-12(13)16/h5-7,10,14,17H,4,8-9H2,1-3H3. The first-order valence-corrected chi connectivity index (χ1v) is 7.07. The maximum absolute atomic E-state index is 14.0. The second kappa shape index (κ2) is 7.87. The van der Waals surface area contributed by atoms with Crippen molar-refractivity contribution in [2.24, 2.45) is 5.92 Å². The van der Waals surface area contributed by atoms with Crippen molar-refractivity contribution in [3.05, 3.63) is 34.1 Å². The lowest BCUT2D eigenvalue weighted by atomic mass is 9.91. The van der Waals surface area contributed by atoms with E-state index in [1.165, 1.54) is 6.07 Å². The number of rotatable bonds is 7. The number of hydrogen-bond acceptors (Lipinski definition) is 2. The molecule has 0 radical (unpaired) electrons. The number of hydrogen-bond donors (Lipinski definition) is 1. The van der Waals surface area contributed by atoms with Crippen LogP contribution in [-0.4, -0.2) is 20.3 Å². The maximum Gasteiger partial charge on any atom is 0.129 e. The summed E-state index contributed by atoms with van der Waals surface area (Å²) in [4.78, 5) is 0. The zero-order chi connectivity index (χ0) is 13.5. The smallest absolute Gasteiger partial charge is 0.129 e. The van der Waals surface area contributed by atoms with Crippen molar-refractivity contribution in [3.8, 4) is 0 Å². The summed E-state index contributed by atoms with van der Waals surface area (Å²) >= 11 is 3.44. The van der Waals surface area contributed by atoms with Gasteiger partial charge in [-0.1, -0.05) is 35.8 Å². The van der Waals surface area contributed by atoms with E-state index in [2.05, 4.69) is 28.2 Å². The number of benzene rings is 1. The van der Waals surface area contributed by atoms with E-state index in [0.717, 1.165) is 17.4 Å². The zero-order valence-corrected chi connectivity index (χ0v) is 12.8. The summed E-state index contributed by atoms with van der Waals surface area (Å²) in [7, 11) is 1.69. The Morgan fingerprint density at radius 2 is 2.17 bits per heavy atom. The molecule has 1 rings (SSSR count). The van der Waals surface area contributed by atoms with Crippen molar-refractivity contribution >= 4 is 15.9 Å². The van der Waals surface area contributed by atoms with Gasteiger partial charge in [0.15, 0.2) is 0 Å². The summed E-state index contributed by atoms with van der Waals surface area (Å²) < 4.78 is 19.9. The normalized spacial score (nSPS) is 14.5. The average Bonchev–Trinajstić information content (AvgIpc) is 2.34. The van der Waals surface area contributed by atoms with Gasteiger partial charge in [0.2, 0.25) is 0 Å². The van der Waals surface area contributed by atoms with Crippen molar-refractivity contribution in [2.75, 3.05) is 20.3 Å². The van der Waals surface area contributed by atoms with Gasteiger partial charge in [-0.25, -0.2) is 4.39 Å². The number of methoxy groups -OCH3 is 1. The Balaban J connectivity index is 2.96. The third-order valence-electron chi connectivity index (χ3n) is 3.08. The van der Waals surface area contributed by atoms with Crippen molar-refractivity contribution in [2.45, 2.75) is 26.3 Å². The van der Waals surface area contributed by atoms with Crippen LogP contribution in [0.5, 0.6) is 0 Å². The first-order chi connectivity index (χ1) is 8.61. The van der Waals surface area contributed by atoms with E-state index in [1.54, 1.807) is 13.2 Å². The Labute approximate surface area is 117 Å². The van der Waals surface area contributed by atoms with Gasteiger partial charge in [0, 0.05) is 29.8 Å². The van der Waals surface area contributed by atoms with Crippen LogP contribution in [0.3, 0.4) is 0 Å². The molecule has 2 nitrogen and oxygen atoms in total. The first kappa shape index (κ1) is 15.6. The first-order valence-electron chi connectivity index (χ1n) is 6.28. The van der Waals surface area contributed by atoms with Crippen molar-refractivity contribution in [1.29, 1.82) is 0 Å². The molecule has 0 aliphatic carbocycles. The molecule has 4 heteroatoms. The van der Waals surface area contributed by atoms with E-state index >= 15 is 0 Å². The van der Waals surface area contributed by atoms with Crippen LogP contribution in [0.4, 0.5) is 4.39 Å². The van der Waals surface area contributed by atoms with Crippen molar-refractivity contribution in [3.63, 3.8) is 0 Å². The highest BCUT2D eigenvalue weighted by atomic mass is 79.9. The van der Waals surface area contributed by atoms with Crippen LogP contribution < -0.4 is 5.32 Å². The van der Waals surface area contributed by atoms with Gasteiger partial charge < -0.3 is 10.1 Å². The second-order valence-electron chi connectivity index (χ2n) is 4.43. The Bertz CT molecular complexity index is 353. The fraction of sp³-hybridized carbons (Fsp3) is 0.571. The molecule has 0 aliphatic rings. The molecule has 0 saturated heterocycles.